The smallest absolute Gasteiger partial charge is 0.411 e. The SMILES string of the molecule is COC(=O)N1[C@H](CO)C[C@@H]2c3ccccc3N(S(=O)(=O)c3ccccc3)[C@@H]21. The molecule has 0 unspecified atom stereocenters. The van der Waals surface area contributed by atoms with Crippen molar-refractivity contribution in [2.45, 2.75) is 29.4 Å². The molecule has 27 heavy (non-hydrogen) atoms. The Morgan fingerprint density at radius 3 is 2.48 bits per heavy atom. The zero-order valence-electron chi connectivity index (χ0n) is 14.7. The van der Waals surface area contributed by atoms with Gasteiger partial charge in [0.1, 0.15) is 6.17 Å². The van der Waals surface area contributed by atoms with Crippen LogP contribution in [0.2, 0.25) is 0 Å². The summed E-state index contributed by atoms with van der Waals surface area (Å²) >= 11 is 0. The Balaban J connectivity index is 1.90. The molecule has 1 saturated heterocycles. The maximum absolute atomic E-state index is 13.5. The molecule has 3 atom stereocenters. The number of nitrogens with zero attached hydrogens (tertiary/aromatic N) is 2. The third-order valence-electron chi connectivity index (χ3n) is 5.27. The standard InChI is InChI=1S/C19H20N2O5S/c1-26-19(23)20-13(12-22)11-16-15-9-5-6-10-17(15)21(18(16)20)27(24,25)14-7-3-2-4-8-14/h2-10,13,16,18,22H,11-12H2,1H3/t13-,16+,18-/m0/s1. The van der Waals surface area contributed by atoms with Crippen molar-refractivity contribution >= 4 is 21.8 Å². The highest BCUT2D eigenvalue weighted by molar-refractivity contribution is 7.92. The van der Waals surface area contributed by atoms with E-state index in [1.807, 2.05) is 12.1 Å². The second-order valence-electron chi connectivity index (χ2n) is 6.64. The summed E-state index contributed by atoms with van der Waals surface area (Å²) in [6.07, 6.45) is -0.950. The molecule has 8 heteroatoms. The van der Waals surface area contributed by atoms with Gasteiger partial charge >= 0.3 is 6.09 Å². The molecule has 0 saturated carbocycles. The van der Waals surface area contributed by atoms with Crippen molar-refractivity contribution in [1.29, 1.82) is 0 Å². The number of methoxy groups -OCH3 is 1. The minimum atomic E-state index is -3.91. The number of carbonyl (C=O) groups excluding carboxylic acids is 1. The highest BCUT2D eigenvalue weighted by atomic mass is 32.2. The second kappa shape index (κ2) is 6.54. The topological polar surface area (TPSA) is 87.2 Å². The Labute approximate surface area is 157 Å². The van der Waals surface area contributed by atoms with E-state index in [1.54, 1.807) is 30.3 Å². The van der Waals surface area contributed by atoms with Crippen LogP contribution in [0.25, 0.3) is 0 Å². The van der Waals surface area contributed by atoms with E-state index < -0.39 is 28.3 Å². The van der Waals surface area contributed by atoms with Gasteiger partial charge in [0.15, 0.2) is 0 Å². The third-order valence-corrected chi connectivity index (χ3v) is 7.07. The number of sulfonamides is 1. The Morgan fingerprint density at radius 1 is 1.15 bits per heavy atom. The number of benzene rings is 2. The van der Waals surface area contributed by atoms with Crippen molar-refractivity contribution in [2.75, 3.05) is 18.0 Å². The lowest BCUT2D eigenvalue weighted by atomic mass is 9.97. The number of aliphatic hydroxyl groups is 1. The number of anilines is 1. The van der Waals surface area contributed by atoms with E-state index in [2.05, 4.69) is 0 Å². The van der Waals surface area contributed by atoms with Crippen molar-refractivity contribution in [2.24, 2.45) is 0 Å². The molecule has 2 aromatic rings. The fraction of sp³-hybridized carbons (Fsp3) is 0.316. The molecular formula is C19H20N2O5S. The summed E-state index contributed by atoms with van der Waals surface area (Å²) in [5.41, 5.74) is 1.41. The van der Waals surface area contributed by atoms with Crippen LogP contribution in [-0.2, 0) is 14.8 Å². The normalized spacial score (nSPS) is 23.9. The number of hydrogen-bond acceptors (Lipinski definition) is 5. The van der Waals surface area contributed by atoms with Gasteiger partial charge in [-0.1, -0.05) is 36.4 Å². The Bertz CT molecular complexity index is 963. The van der Waals surface area contributed by atoms with Gasteiger partial charge in [-0.15, -0.1) is 0 Å². The molecule has 0 radical (unpaired) electrons. The van der Waals surface area contributed by atoms with E-state index >= 15 is 0 Å². The van der Waals surface area contributed by atoms with Crippen molar-refractivity contribution in [3.8, 4) is 0 Å². The van der Waals surface area contributed by atoms with Crippen LogP contribution in [0, 0.1) is 0 Å². The summed E-state index contributed by atoms with van der Waals surface area (Å²) in [4.78, 5) is 14.0. The summed E-state index contributed by atoms with van der Waals surface area (Å²) in [5.74, 6) is -0.226. The predicted molar refractivity (Wildman–Crippen MR) is 98.8 cm³/mol. The number of likely N-dealkylation sites (tertiary alicyclic amines) is 1. The maximum atomic E-state index is 13.5. The Morgan fingerprint density at radius 2 is 1.81 bits per heavy atom. The van der Waals surface area contributed by atoms with Crippen LogP contribution in [0.15, 0.2) is 59.5 Å². The quantitative estimate of drug-likeness (QED) is 0.871. The van der Waals surface area contributed by atoms with E-state index in [9.17, 15) is 18.3 Å². The summed E-state index contributed by atoms with van der Waals surface area (Å²) in [6, 6.07) is 14.9. The minimum Gasteiger partial charge on any atom is -0.453 e. The molecule has 0 aromatic heterocycles. The number of para-hydroxylation sites is 1. The van der Waals surface area contributed by atoms with Gasteiger partial charge in [-0.3, -0.25) is 4.90 Å². The van der Waals surface area contributed by atoms with E-state index in [4.69, 9.17) is 4.74 Å². The first kappa shape index (κ1) is 17.8. The Hall–Kier alpha value is -2.58. The first-order valence-electron chi connectivity index (χ1n) is 8.66. The zero-order chi connectivity index (χ0) is 19.2. The number of rotatable bonds is 3. The average Bonchev–Trinajstić information content (AvgIpc) is 3.22. The van der Waals surface area contributed by atoms with Gasteiger partial charge in [0.05, 0.1) is 30.3 Å². The number of hydrogen-bond donors (Lipinski definition) is 1. The number of amides is 1. The van der Waals surface area contributed by atoms with Crippen LogP contribution < -0.4 is 4.31 Å². The van der Waals surface area contributed by atoms with Crippen molar-refractivity contribution < 1.29 is 23.1 Å². The zero-order valence-corrected chi connectivity index (χ0v) is 15.5. The van der Waals surface area contributed by atoms with Gasteiger partial charge in [0.25, 0.3) is 10.0 Å². The fourth-order valence-electron chi connectivity index (χ4n) is 4.15. The second-order valence-corrected chi connectivity index (χ2v) is 8.46. The first-order valence-corrected chi connectivity index (χ1v) is 10.1. The Kier molecular flexibility index (Phi) is 4.32. The molecule has 2 aromatic carbocycles. The van der Waals surface area contributed by atoms with Gasteiger partial charge in [-0.25, -0.2) is 17.5 Å². The minimum absolute atomic E-state index is 0.151. The number of carbonyl (C=O) groups is 1. The molecule has 4 rings (SSSR count). The highest BCUT2D eigenvalue weighted by Crippen LogP contribution is 2.51. The van der Waals surface area contributed by atoms with Crippen LogP contribution in [0.4, 0.5) is 10.5 Å². The predicted octanol–water partition coefficient (Wildman–Crippen LogP) is 2.14. The number of ether oxygens (including phenoxy) is 1. The third kappa shape index (κ3) is 2.59. The van der Waals surface area contributed by atoms with E-state index in [1.165, 1.54) is 28.4 Å². The highest BCUT2D eigenvalue weighted by Gasteiger charge is 2.55. The summed E-state index contributed by atoms with van der Waals surface area (Å²) in [5, 5.41) is 9.77. The molecule has 7 nitrogen and oxygen atoms in total. The largest absolute Gasteiger partial charge is 0.453 e. The average molecular weight is 388 g/mol. The number of fused-ring (bicyclic) bond motifs is 3. The van der Waals surface area contributed by atoms with Gasteiger partial charge in [0, 0.05) is 5.92 Å². The monoisotopic (exact) mass is 388 g/mol. The lowest BCUT2D eigenvalue weighted by Crippen LogP contribution is -2.52. The molecule has 1 N–H and O–H groups in total. The van der Waals surface area contributed by atoms with E-state index in [-0.39, 0.29) is 17.4 Å². The molecule has 0 spiro atoms. The molecule has 1 fully saturated rings. The lowest BCUT2D eigenvalue weighted by molar-refractivity contribution is 0.0867. The van der Waals surface area contributed by atoms with Crippen LogP contribution >= 0.6 is 0 Å². The van der Waals surface area contributed by atoms with Gasteiger partial charge < -0.3 is 9.84 Å². The van der Waals surface area contributed by atoms with Gasteiger partial charge in [0.2, 0.25) is 0 Å². The number of aliphatic hydroxyl groups excluding tert-OH is 1. The molecule has 2 aliphatic heterocycles. The van der Waals surface area contributed by atoms with Crippen molar-refractivity contribution in [1.82, 2.24) is 4.90 Å². The fourth-order valence-corrected chi connectivity index (χ4v) is 5.84. The molecule has 0 aliphatic carbocycles. The van der Waals surface area contributed by atoms with Crippen LogP contribution in [0.1, 0.15) is 17.9 Å². The van der Waals surface area contributed by atoms with Gasteiger partial charge in [-0.05, 0) is 30.2 Å². The van der Waals surface area contributed by atoms with Crippen LogP contribution in [0.3, 0.4) is 0 Å². The molecular weight excluding hydrogens is 368 g/mol. The molecule has 2 heterocycles. The van der Waals surface area contributed by atoms with Crippen molar-refractivity contribution in [3.05, 3.63) is 60.2 Å². The molecule has 1 amide bonds. The first-order chi connectivity index (χ1) is 13.0. The molecule has 142 valence electrons. The van der Waals surface area contributed by atoms with E-state index in [0.29, 0.717) is 12.1 Å². The summed E-state index contributed by atoms with van der Waals surface area (Å²) in [7, 11) is -2.66. The maximum Gasteiger partial charge on any atom is 0.411 e. The van der Waals surface area contributed by atoms with Crippen LogP contribution in [0.5, 0.6) is 0 Å². The molecule has 0 bridgehead atoms. The molecule has 2 aliphatic rings. The lowest BCUT2D eigenvalue weighted by Gasteiger charge is -2.34. The summed E-state index contributed by atoms with van der Waals surface area (Å²) < 4.78 is 33.1. The van der Waals surface area contributed by atoms with E-state index in [0.717, 1.165) is 5.56 Å². The van der Waals surface area contributed by atoms with Crippen LogP contribution in [-0.4, -0.2) is 50.4 Å². The van der Waals surface area contributed by atoms with Crippen molar-refractivity contribution in [3.63, 3.8) is 0 Å². The summed E-state index contributed by atoms with van der Waals surface area (Å²) in [6.45, 7) is -0.260. The van der Waals surface area contributed by atoms with Gasteiger partial charge in [-0.2, -0.15) is 0 Å².